The highest BCUT2D eigenvalue weighted by Crippen LogP contribution is 2.18. The Balaban J connectivity index is 2.50. The van der Waals surface area contributed by atoms with Crippen LogP contribution in [0.25, 0.3) is 0 Å². The minimum Gasteiger partial charge on any atom is -0.395 e. The number of benzene rings is 1. The monoisotopic (exact) mass is 332 g/mol. The van der Waals surface area contributed by atoms with Crippen LogP contribution in [0.5, 0.6) is 0 Å². The highest BCUT2D eigenvalue weighted by Gasteiger charge is 2.19. The van der Waals surface area contributed by atoms with E-state index in [9.17, 15) is 14.7 Å². The Kier molecular flexibility index (Phi) is 5.81. The van der Waals surface area contributed by atoms with E-state index in [0.29, 0.717) is 6.54 Å². The van der Waals surface area contributed by atoms with Crippen LogP contribution in [-0.2, 0) is 6.54 Å². The van der Waals surface area contributed by atoms with Crippen LogP contribution in [0, 0.1) is 5.92 Å². The summed E-state index contributed by atoms with van der Waals surface area (Å²) in [5.41, 5.74) is 6.22. The van der Waals surface area contributed by atoms with Crippen LogP contribution in [0.1, 0.15) is 19.4 Å². The molecule has 0 atom stereocenters. The van der Waals surface area contributed by atoms with E-state index in [4.69, 9.17) is 5.73 Å². The second kappa shape index (κ2) is 7.83. The van der Waals surface area contributed by atoms with Gasteiger partial charge in [0, 0.05) is 13.1 Å². The molecule has 0 saturated heterocycles. The number of aliphatic hydroxyl groups is 1. The first-order valence-electron chi connectivity index (χ1n) is 7.96. The van der Waals surface area contributed by atoms with Gasteiger partial charge < -0.3 is 15.7 Å². The largest absolute Gasteiger partial charge is 0.395 e. The van der Waals surface area contributed by atoms with E-state index >= 15 is 0 Å². The number of rotatable bonds is 7. The van der Waals surface area contributed by atoms with Crippen molar-refractivity contribution in [1.82, 2.24) is 9.55 Å². The fourth-order valence-electron chi connectivity index (χ4n) is 2.66. The Morgan fingerprint density at radius 2 is 1.92 bits per heavy atom. The van der Waals surface area contributed by atoms with Gasteiger partial charge in [0.1, 0.15) is 11.5 Å². The zero-order chi connectivity index (χ0) is 17.7. The molecule has 0 aliphatic rings. The number of H-pyrrole nitrogens is 1. The van der Waals surface area contributed by atoms with Crippen molar-refractivity contribution in [2.24, 2.45) is 5.92 Å². The summed E-state index contributed by atoms with van der Waals surface area (Å²) < 4.78 is 1.34. The smallest absolute Gasteiger partial charge is 0.330 e. The molecule has 0 aliphatic carbocycles. The summed E-state index contributed by atoms with van der Waals surface area (Å²) in [7, 11) is 0. The third-order valence-electron chi connectivity index (χ3n) is 3.67. The first-order valence-corrected chi connectivity index (χ1v) is 7.96. The molecule has 7 heteroatoms. The second-order valence-corrected chi connectivity index (χ2v) is 6.13. The molecule has 0 amide bonds. The number of nitrogen functional groups attached to an aromatic ring is 1. The highest BCUT2D eigenvalue weighted by atomic mass is 16.3. The van der Waals surface area contributed by atoms with Gasteiger partial charge in [-0.25, -0.2) is 4.79 Å². The topological polar surface area (TPSA) is 104 Å². The average Bonchev–Trinajstić information content (AvgIpc) is 2.52. The van der Waals surface area contributed by atoms with Crippen molar-refractivity contribution in [2.45, 2.75) is 20.4 Å². The summed E-state index contributed by atoms with van der Waals surface area (Å²) in [6, 6.07) is 9.41. The predicted octanol–water partition coefficient (Wildman–Crippen LogP) is 0.622. The predicted molar refractivity (Wildman–Crippen MR) is 95.4 cm³/mol. The summed E-state index contributed by atoms with van der Waals surface area (Å²) in [6.07, 6.45) is 0. The molecule has 7 nitrogen and oxygen atoms in total. The molecule has 4 N–H and O–H groups in total. The van der Waals surface area contributed by atoms with E-state index in [1.54, 1.807) is 4.90 Å². The van der Waals surface area contributed by atoms with Gasteiger partial charge in [-0.15, -0.1) is 0 Å². The number of nitrogens with one attached hydrogen (secondary N) is 1. The highest BCUT2D eigenvalue weighted by molar-refractivity contribution is 5.62. The Bertz CT molecular complexity index is 781. The minimum atomic E-state index is -0.543. The molecule has 0 unspecified atom stereocenters. The number of aliphatic hydroxyl groups excluding tert-OH is 1. The van der Waals surface area contributed by atoms with Crippen LogP contribution >= 0.6 is 0 Å². The molecule has 0 saturated carbocycles. The molecular formula is C17H24N4O3. The van der Waals surface area contributed by atoms with E-state index < -0.39 is 11.2 Å². The van der Waals surface area contributed by atoms with Crippen molar-refractivity contribution in [3.8, 4) is 0 Å². The zero-order valence-electron chi connectivity index (χ0n) is 14.0. The van der Waals surface area contributed by atoms with Gasteiger partial charge in [0.2, 0.25) is 0 Å². The maximum atomic E-state index is 12.3. The van der Waals surface area contributed by atoms with Crippen LogP contribution in [0.15, 0.2) is 39.9 Å². The van der Waals surface area contributed by atoms with Gasteiger partial charge in [-0.2, -0.15) is 0 Å². The average molecular weight is 332 g/mol. The van der Waals surface area contributed by atoms with Crippen LogP contribution in [-0.4, -0.2) is 34.4 Å². The molecule has 130 valence electrons. The van der Waals surface area contributed by atoms with Gasteiger partial charge in [-0.1, -0.05) is 44.2 Å². The number of aromatic nitrogens is 2. The van der Waals surface area contributed by atoms with Gasteiger partial charge in [0.15, 0.2) is 0 Å². The molecule has 1 heterocycles. The molecule has 1 aromatic heterocycles. The maximum absolute atomic E-state index is 12.3. The lowest BCUT2D eigenvalue weighted by molar-refractivity contribution is 0.300. The second-order valence-electron chi connectivity index (χ2n) is 6.13. The Hall–Kier alpha value is -2.54. The fourth-order valence-corrected chi connectivity index (χ4v) is 2.66. The summed E-state index contributed by atoms with van der Waals surface area (Å²) in [6.45, 7) is 5.00. The quantitative estimate of drug-likeness (QED) is 0.689. The van der Waals surface area contributed by atoms with Crippen molar-refractivity contribution < 1.29 is 5.11 Å². The lowest BCUT2D eigenvalue weighted by atomic mass is 10.2. The van der Waals surface area contributed by atoms with Gasteiger partial charge in [-0.3, -0.25) is 14.3 Å². The summed E-state index contributed by atoms with van der Waals surface area (Å²) >= 11 is 0. The number of hydrogen-bond acceptors (Lipinski definition) is 5. The molecular weight excluding hydrogens is 308 g/mol. The number of anilines is 2. The molecule has 0 aliphatic heterocycles. The van der Waals surface area contributed by atoms with Gasteiger partial charge in [-0.05, 0) is 11.5 Å². The van der Waals surface area contributed by atoms with Crippen molar-refractivity contribution in [3.63, 3.8) is 0 Å². The van der Waals surface area contributed by atoms with E-state index in [0.717, 1.165) is 5.56 Å². The van der Waals surface area contributed by atoms with E-state index in [-0.39, 0.29) is 37.1 Å². The number of hydrogen-bond donors (Lipinski definition) is 3. The van der Waals surface area contributed by atoms with Gasteiger partial charge in [0.25, 0.3) is 5.56 Å². The molecule has 0 radical (unpaired) electrons. The Morgan fingerprint density at radius 3 is 2.50 bits per heavy atom. The van der Waals surface area contributed by atoms with Crippen LogP contribution < -0.4 is 21.9 Å². The molecule has 0 spiro atoms. The standard InChI is InChI=1S/C17H24N4O3/c1-12(2)10-20(8-9-22)14-15(18)21(17(24)19-16(14)23)11-13-6-4-3-5-7-13/h3-7,12,22H,8-11,18H2,1-2H3,(H,19,23,24). The van der Waals surface area contributed by atoms with Gasteiger partial charge in [0.05, 0.1) is 13.2 Å². The molecule has 24 heavy (non-hydrogen) atoms. The van der Waals surface area contributed by atoms with Crippen molar-refractivity contribution in [2.75, 3.05) is 30.3 Å². The van der Waals surface area contributed by atoms with Crippen molar-refractivity contribution in [3.05, 3.63) is 56.7 Å². The first-order chi connectivity index (χ1) is 11.4. The fraction of sp³-hybridized carbons (Fsp3) is 0.412. The molecule has 2 rings (SSSR count). The molecule has 0 bridgehead atoms. The molecule has 0 fully saturated rings. The SMILES string of the molecule is CC(C)CN(CCO)c1c(N)n(Cc2ccccc2)c(=O)[nH]c1=O. The lowest BCUT2D eigenvalue weighted by Crippen LogP contribution is -2.41. The molecule has 1 aromatic carbocycles. The summed E-state index contributed by atoms with van der Waals surface area (Å²) in [5, 5.41) is 9.29. The summed E-state index contributed by atoms with van der Waals surface area (Å²) in [5.74, 6) is 0.381. The summed E-state index contributed by atoms with van der Waals surface area (Å²) in [4.78, 5) is 28.5. The number of aromatic amines is 1. The molecule has 2 aromatic rings. The van der Waals surface area contributed by atoms with Crippen molar-refractivity contribution in [1.29, 1.82) is 0 Å². The van der Waals surface area contributed by atoms with Crippen LogP contribution in [0.3, 0.4) is 0 Å². The van der Waals surface area contributed by atoms with E-state index in [1.165, 1.54) is 4.57 Å². The van der Waals surface area contributed by atoms with Crippen LogP contribution in [0.2, 0.25) is 0 Å². The Labute approximate surface area is 140 Å². The number of nitrogens with two attached hydrogens (primary N) is 1. The van der Waals surface area contributed by atoms with Crippen molar-refractivity contribution >= 4 is 11.5 Å². The third-order valence-corrected chi connectivity index (χ3v) is 3.67. The third kappa shape index (κ3) is 4.05. The maximum Gasteiger partial charge on any atom is 0.330 e. The lowest BCUT2D eigenvalue weighted by Gasteiger charge is -2.27. The van der Waals surface area contributed by atoms with Gasteiger partial charge >= 0.3 is 5.69 Å². The zero-order valence-corrected chi connectivity index (χ0v) is 14.0. The van der Waals surface area contributed by atoms with Crippen LogP contribution in [0.4, 0.5) is 11.5 Å². The van der Waals surface area contributed by atoms with E-state index in [2.05, 4.69) is 4.98 Å². The number of nitrogens with zero attached hydrogens (tertiary/aromatic N) is 2. The first kappa shape index (κ1) is 17.8. The normalized spacial score (nSPS) is 11.0. The Morgan fingerprint density at radius 1 is 1.25 bits per heavy atom. The van der Waals surface area contributed by atoms with E-state index in [1.807, 2.05) is 44.2 Å². The minimum absolute atomic E-state index is 0.108.